The number of fused-ring (bicyclic) bond motifs is 3. The quantitative estimate of drug-likeness (QED) is 0.102. The van der Waals surface area contributed by atoms with Gasteiger partial charge in [0, 0.05) is 24.8 Å². The minimum atomic E-state index is -1.33. The van der Waals surface area contributed by atoms with Crippen LogP contribution < -0.4 is 26.6 Å². The fraction of sp³-hybridized carbons (Fsp3) is 0.409. The Morgan fingerprint density at radius 2 is 1.41 bits per heavy atom. The van der Waals surface area contributed by atoms with E-state index in [9.17, 15) is 43.5 Å². The minimum Gasteiger partial charge on any atom is -0.480 e. The summed E-state index contributed by atoms with van der Waals surface area (Å²) in [6, 6.07) is 20.5. The summed E-state index contributed by atoms with van der Waals surface area (Å²) < 4.78 is 10.9. The zero-order chi connectivity index (χ0) is 44.3. The molecule has 3 aromatic rings. The largest absolute Gasteiger partial charge is 0.480 e. The summed E-state index contributed by atoms with van der Waals surface area (Å²) in [6.07, 6.45) is -1.29. The predicted molar refractivity (Wildman–Crippen MR) is 221 cm³/mol. The van der Waals surface area contributed by atoms with Crippen LogP contribution in [0.4, 0.5) is 4.79 Å². The average Bonchev–Trinajstić information content (AvgIpc) is 3.67. The highest BCUT2D eigenvalue weighted by molar-refractivity contribution is 5.95. The standard InChI is InChI=1S/C44H52N6O11/c1-26-20-35(42(58)50(26)24-38(53)54)48-41(57)34(21-27-12-6-5-7-13-27)47-37(52)22-45-36(51)19-18-33(40(56)46-23-39(55)61-44(2,3)4)49-43(59)60-25-32-30-16-10-8-14-28(30)29-15-9-11-17-31(29)32/h5-17,26,32-35H,18-25H2,1-4H3,(H,45,51)(H,46,56)(H,47,52)(H,48,57)(H,49,59)(H,53,54). The SMILES string of the molecule is CC1CC(NC(=O)C(Cc2ccccc2)NC(=O)CNC(=O)CCC(NC(=O)OCC2c3ccccc3-c3ccccc32)C(=O)NCC(=O)OC(C)(C)C)C(=O)N1CC(=O)O. The molecule has 0 spiro atoms. The van der Waals surface area contributed by atoms with Gasteiger partial charge in [0.05, 0.1) is 6.54 Å². The van der Waals surface area contributed by atoms with E-state index in [2.05, 4.69) is 26.6 Å². The van der Waals surface area contributed by atoms with Crippen LogP contribution in [-0.2, 0) is 49.5 Å². The number of hydrogen-bond donors (Lipinski definition) is 6. The molecule has 4 atom stereocenters. The molecule has 61 heavy (non-hydrogen) atoms. The van der Waals surface area contributed by atoms with Crippen LogP contribution in [0.2, 0.25) is 0 Å². The molecule has 1 fully saturated rings. The highest BCUT2D eigenvalue weighted by Gasteiger charge is 2.40. The van der Waals surface area contributed by atoms with Crippen molar-refractivity contribution in [1.29, 1.82) is 0 Å². The van der Waals surface area contributed by atoms with Gasteiger partial charge in [0.1, 0.15) is 43.4 Å². The molecule has 17 nitrogen and oxygen atoms in total. The van der Waals surface area contributed by atoms with Crippen LogP contribution in [0.3, 0.4) is 0 Å². The summed E-state index contributed by atoms with van der Waals surface area (Å²) in [6.45, 7) is 5.07. The van der Waals surface area contributed by atoms with E-state index in [0.717, 1.165) is 27.2 Å². The van der Waals surface area contributed by atoms with Crippen LogP contribution in [0.1, 0.15) is 69.6 Å². The molecule has 4 unspecified atom stereocenters. The Balaban J connectivity index is 1.17. The molecule has 0 aromatic heterocycles. The van der Waals surface area contributed by atoms with Crippen molar-refractivity contribution in [3.05, 3.63) is 95.6 Å². The normalized spacial score (nSPS) is 16.6. The second-order valence-electron chi connectivity index (χ2n) is 16.0. The van der Waals surface area contributed by atoms with E-state index in [1.807, 2.05) is 48.5 Å². The molecule has 0 bridgehead atoms. The first kappa shape index (κ1) is 45.3. The third-order valence-corrected chi connectivity index (χ3v) is 10.1. The molecule has 6 amide bonds. The number of aliphatic carboxylic acids is 1. The van der Waals surface area contributed by atoms with Crippen molar-refractivity contribution in [2.75, 3.05) is 26.2 Å². The summed E-state index contributed by atoms with van der Waals surface area (Å²) in [5, 5.41) is 21.8. The van der Waals surface area contributed by atoms with Gasteiger partial charge >= 0.3 is 18.0 Å². The first-order valence-corrected chi connectivity index (χ1v) is 20.0. The third kappa shape index (κ3) is 12.9. The Bertz CT molecular complexity index is 2080. The number of esters is 1. The van der Waals surface area contributed by atoms with Crippen molar-refractivity contribution in [2.24, 2.45) is 0 Å². The fourth-order valence-corrected chi connectivity index (χ4v) is 7.32. The number of carboxylic acid groups (broad SMARTS) is 1. The van der Waals surface area contributed by atoms with Crippen LogP contribution in [-0.4, -0.2) is 114 Å². The van der Waals surface area contributed by atoms with Gasteiger partial charge in [-0.1, -0.05) is 78.9 Å². The summed E-state index contributed by atoms with van der Waals surface area (Å²) in [4.78, 5) is 104. The molecule has 6 N–H and O–H groups in total. The van der Waals surface area contributed by atoms with E-state index < -0.39 is 97.0 Å². The molecule has 5 rings (SSSR count). The smallest absolute Gasteiger partial charge is 0.407 e. The Kier molecular flexibility index (Phi) is 15.2. The lowest BCUT2D eigenvalue weighted by Gasteiger charge is -2.22. The van der Waals surface area contributed by atoms with Crippen LogP contribution in [0.25, 0.3) is 11.1 Å². The van der Waals surface area contributed by atoms with Gasteiger partial charge in [-0.2, -0.15) is 0 Å². The molecule has 2 aliphatic rings. The first-order valence-electron chi connectivity index (χ1n) is 20.0. The maximum atomic E-state index is 13.5. The molecule has 1 aliphatic carbocycles. The molecule has 17 heteroatoms. The van der Waals surface area contributed by atoms with E-state index in [1.165, 1.54) is 0 Å². The van der Waals surface area contributed by atoms with Crippen LogP contribution >= 0.6 is 0 Å². The predicted octanol–water partition coefficient (Wildman–Crippen LogP) is 2.17. The molecular formula is C44H52N6O11. The van der Waals surface area contributed by atoms with Gasteiger partial charge in [0.15, 0.2) is 0 Å². The number of benzene rings is 3. The number of nitrogens with zero attached hydrogens (tertiary/aromatic N) is 1. The molecule has 0 saturated carbocycles. The second kappa shape index (κ2) is 20.5. The van der Waals surface area contributed by atoms with Gasteiger partial charge in [0.2, 0.25) is 29.5 Å². The zero-order valence-corrected chi connectivity index (χ0v) is 34.5. The lowest BCUT2D eigenvalue weighted by Crippen LogP contribution is -2.54. The lowest BCUT2D eigenvalue weighted by molar-refractivity contribution is -0.154. The third-order valence-electron chi connectivity index (χ3n) is 10.1. The first-order chi connectivity index (χ1) is 29.0. The van der Waals surface area contributed by atoms with Crippen molar-refractivity contribution >= 4 is 47.6 Å². The summed E-state index contributed by atoms with van der Waals surface area (Å²) in [5.74, 6) is -5.55. The molecule has 3 aromatic carbocycles. The number of carbonyl (C=O) groups is 8. The van der Waals surface area contributed by atoms with Crippen LogP contribution in [0, 0.1) is 0 Å². The Morgan fingerprint density at radius 1 is 0.787 bits per heavy atom. The van der Waals surface area contributed by atoms with Crippen molar-refractivity contribution in [3.8, 4) is 11.1 Å². The number of alkyl carbamates (subject to hydrolysis) is 1. The molecule has 324 valence electrons. The highest BCUT2D eigenvalue weighted by atomic mass is 16.6. The number of carboxylic acids is 1. The number of ether oxygens (including phenoxy) is 2. The highest BCUT2D eigenvalue weighted by Crippen LogP contribution is 2.44. The van der Waals surface area contributed by atoms with Crippen molar-refractivity contribution < 1.29 is 52.9 Å². The van der Waals surface area contributed by atoms with E-state index in [1.54, 1.807) is 58.0 Å². The van der Waals surface area contributed by atoms with Gasteiger partial charge in [0.25, 0.3) is 0 Å². The van der Waals surface area contributed by atoms with Crippen LogP contribution in [0.5, 0.6) is 0 Å². The number of carbonyl (C=O) groups excluding carboxylic acids is 7. The van der Waals surface area contributed by atoms with E-state index in [-0.39, 0.29) is 38.2 Å². The lowest BCUT2D eigenvalue weighted by atomic mass is 9.98. The second-order valence-corrected chi connectivity index (χ2v) is 16.0. The van der Waals surface area contributed by atoms with E-state index >= 15 is 0 Å². The molecule has 1 heterocycles. The summed E-state index contributed by atoms with van der Waals surface area (Å²) in [7, 11) is 0. The number of hydrogen-bond acceptors (Lipinski definition) is 10. The number of amides is 6. The molecule has 0 radical (unpaired) electrons. The van der Waals surface area contributed by atoms with Gasteiger partial charge in [-0.05, 0) is 68.4 Å². The van der Waals surface area contributed by atoms with Crippen molar-refractivity contribution in [1.82, 2.24) is 31.5 Å². The number of likely N-dealkylation sites (tertiary alicyclic amines) is 1. The zero-order valence-electron chi connectivity index (χ0n) is 34.5. The average molecular weight is 841 g/mol. The topological polar surface area (TPSA) is 239 Å². The minimum absolute atomic E-state index is 0.0375. The fourth-order valence-electron chi connectivity index (χ4n) is 7.32. The van der Waals surface area contributed by atoms with E-state index in [4.69, 9.17) is 9.47 Å². The van der Waals surface area contributed by atoms with Gasteiger partial charge in [-0.15, -0.1) is 0 Å². The number of nitrogens with one attached hydrogen (secondary N) is 5. The van der Waals surface area contributed by atoms with Crippen LogP contribution in [0.15, 0.2) is 78.9 Å². The Hall–Kier alpha value is -6.78. The van der Waals surface area contributed by atoms with Gasteiger partial charge in [-0.3, -0.25) is 33.6 Å². The monoisotopic (exact) mass is 840 g/mol. The van der Waals surface area contributed by atoms with Crippen molar-refractivity contribution in [2.45, 2.75) is 89.1 Å². The maximum absolute atomic E-state index is 13.5. The Labute approximate surface area is 353 Å². The van der Waals surface area contributed by atoms with E-state index in [0.29, 0.717) is 5.56 Å². The summed E-state index contributed by atoms with van der Waals surface area (Å²) >= 11 is 0. The van der Waals surface area contributed by atoms with Crippen molar-refractivity contribution in [3.63, 3.8) is 0 Å². The number of rotatable bonds is 18. The molecular weight excluding hydrogens is 789 g/mol. The summed E-state index contributed by atoms with van der Waals surface area (Å²) in [5.41, 5.74) is 3.92. The van der Waals surface area contributed by atoms with Gasteiger partial charge in [-0.25, -0.2) is 4.79 Å². The molecule has 1 saturated heterocycles. The molecule has 1 aliphatic heterocycles. The maximum Gasteiger partial charge on any atom is 0.407 e. The van der Waals surface area contributed by atoms with Gasteiger partial charge < -0.3 is 46.1 Å². The Morgan fingerprint density at radius 3 is 2.03 bits per heavy atom.